The van der Waals surface area contributed by atoms with Crippen LogP contribution in [-0.4, -0.2) is 29.0 Å². The van der Waals surface area contributed by atoms with Crippen molar-refractivity contribution in [3.05, 3.63) is 0 Å². The summed E-state index contributed by atoms with van der Waals surface area (Å²) >= 11 is 1.79. The number of thioether (sulfide) groups is 1. The lowest BCUT2D eigenvalue weighted by Crippen LogP contribution is -2.51. The molecule has 2 rings (SSSR count). The summed E-state index contributed by atoms with van der Waals surface area (Å²) in [4.78, 5) is 11.9. The van der Waals surface area contributed by atoms with Crippen molar-refractivity contribution in [2.45, 2.75) is 55.9 Å². The largest absolute Gasteiger partial charge is 0.351 e. The SMILES string of the molecule is N[C@@H]1CCCC[C@H]1NC(=O)C1CCCS1. The molecule has 3 nitrogen and oxygen atoms in total. The van der Waals surface area contributed by atoms with Gasteiger partial charge in [-0.2, -0.15) is 0 Å². The van der Waals surface area contributed by atoms with Crippen molar-refractivity contribution in [2.24, 2.45) is 5.73 Å². The van der Waals surface area contributed by atoms with Gasteiger partial charge in [0, 0.05) is 12.1 Å². The quantitative estimate of drug-likeness (QED) is 0.748. The van der Waals surface area contributed by atoms with Gasteiger partial charge in [0.05, 0.1) is 5.25 Å². The molecule has 1 unspecified atom stereocenters. The topological polar surface area (TPSA) is 55.1 Å². The van der Waals surface area contributed by atoms with Crippen LogP contribution in [-0.2, 0) is 4.79 Å². The van der Waals surface area contributed by atoms with E-state index in [-0.39, 0.29) is 23.2 Å². The molecule has 2 aliphatic rings. The molecule has 0 aromatic carbocycles. The molecular weight excluding hydrogens is 208 g/mol. The number of nitrogens with one attached hydrogen (secondary N) is 1. The summed E-state index contributed by atoms with van der Waals surface area (Å²) in [6, 6.07) is 0.404. The fourth-order valence-electron chi connectivity index (χ4n) is 2.40. The van der Waals surface area contributed by atoms with Crippen molar-refractivity contribution in [2.75, 3.05) is 5.75 Å². The predicted molar refractivity (Wildman–Crippen MR) is 63.9 cm³/mol. The molecule has 2 fully saturated rings. The molecule has 1 aliphatic heterocycles. The third-order valence-corrected chi connectivity index (χ3v) is 4.75. The van der Waals surface area contributed by atoms with Gasteiger partial charge in [-0.25, -0.2) is 0 Å². The molecular formula is C11H20N2OS. The van der Waals surface area contributed by atoms with Crippen molar-refractivity contribution < 1.29 is 4.79 Å². The highest BCUT2D eigenvalue weighted by atomic mass is 32.2. The fourth-order valence-corrected chi connectivity index (χ4v) is 3.57. The Morgan fingerprint density at radius 2 is 2.00 bits per heavy atom. The van der Waals surface area contributed by atoms with Crippen LogP contribution in [0.2, 0.25) is 0 Å². The highest BCUT2D eigenvalue weighted by Crippen LogP contribution is 2.27. The first-order valence-electron chi connectivity index (χ1n) is 5.95. The lowest BCUT2D eigenvalue weighted by atomic mass is 9.91. The van der Waals surface area contributed by atoms with E-state index in [0.717, 1.165) is 25.0 Å². The maximum Gasteiger partial charge on any atom is 0.233 e. The number of carbonyl (C=O) groups is 1. The van der Waals surface area contributed by atoms with Gasteiger partial charge in [-0.05, 0) is 31.4 Å². The molecule has 0 aromatic rings. The van der Waals surface area contributed by atoms with E-state index in [1.165, 1.54) is 19.3 Å². The third kappa shape index (κ3) is 2.88. The van der Waals surface area contributed by atoms with Gasteiger partial charge in [0.1, 0.15) is 0 Å². The van der Waals surface area contributed by atoms with Crippen molar-refractivity contribution in [3.63, 3.8) is 0 Å². The highest BCUT2D eigenvalue weighted by molar-refractivity contribution is 8.00. The van der Waals surface area contributed by atoms with E-state index >= 15 is 0 Å². The Hall–Kier alpha value is -0.220. The second-order valence-electron chi connectivity index (χ2n) is 4.57. The van der Waals surface area contributed by atoms with Crippen LogP contribution < -0.4 is 11.1 Å². The number of nitrogens with two attached hydrogens (primary N) is 1. The average molecular weight is 228 g/mol. The first-order valence-corrected chi connectivity index (χ1v) is 7.00. The summed E-state index contributed by atoms with van der Waals surface area (Å²) in [5, 5.41) is 3.32. The first kappa shape index (κ1) is 11.3. The van der Waals surface area contributed by atoms with Crippen LogP contribution in [0.25, 0.3) is 0 Å². The van der Waals surface area contributed by atoms with E-state index in [4.69, 9.17) is 5.73 Å². The molecule has 1 amide bonds. The highest BCUT2D eigenvalue weighted by Gasteiger charge is 2.28. The molecule has 0 aromatic heterocycles. The summed E-state index contributed by atoms with van der Waals surface area (Å²) < 4.78 is 0. The average Bonchev–Trinajstić information content (AvgIpc) is 2.74. The first-order chi connectivity index (χ1) is 7.27. The van der Waals surface area contributed by atoms with E-state index in [2.05, 4.69) is 5.32 Å². The molecule has 1 heterocycles. The van der Waals surface area contributed by atoms with Gasteiger partial charge in [-0.1, -0.05) is 12.8 Å². The minimum absolute atomic E-state index is 0.175. The molecule has 0 spiro atoms. The molecule has 1 aliphatic carbocycles. The second-order valence-corrected chi connectivity index (χ2v) is 5.88. The molecule has 86 valence electrons. The fraction of sp³-hybridized carbons (Fsp3) is 0.909. The van der Waals surface area contributed by atoms with E-state index in [1.54, 1.807) is 11.8 Å². The maximum atomic E-state index is 11.9. The van der Waals surface area contributed by atoms with E-state index < -0.39 is 0 Å². The van der Waals surface area contributed by atoms with Crippen LogP contribution in [0.15, 0.2) is 0 Å². The van der Waals surface area contributed by atoms with Gasteiger partial charge < -0.3 is 11.1 Å². The maximum absolute atomic E-state index is 11.9. The molecule has 0 bridgehead atoms. The van der Waals surface area contributed by atoms with Crippen LogP contribution in [0, 0.1) is 0 Å². The van der Waals surface area contributed by atoms with Crippen LogP contribution in [0.4, 0.5) is 0 Å². The van der Waals surface area contributed by atoms with E-state index in [9.17, 15) is 4.79 Å². The van der Waals surface area contributed by atoms with Crippen molar-refractivity contribution in [1.82, 2.24) is 5.32 Å². The van der Waals surface area contributed by atoms with Crippen LogP contribution >= 0.6 is 11.8 Å². The van der Waals surface area contributed by atoms with Gasteiger partial charge in [0.15, 0.2) is 0 Å². The number of carbonyl (C=O) groups excluding carboxylic acids is 1. The molecule has 0 radical (unpaired) electrons. The summed E-state index contributed by atoms with van der Waals surface area (Å²) in [5.74, 6) is 1.36. The van der Waals surface area contributed by atoms with Gasteiger partial charge in [-0.15, -0.1) is 11.8 Å². The molecule has 4 heteroatoms. The third-order valence-electron chi connectivity index (χ3n) is 3.37. The Morgan fingerprint density at radius 3 is 2.67 bits per heavy atom. The van der Waals surface area contributed by atoms with Gasteiger partial charge in [0.2, 0.25) is 5.91 Å². The molecule has 1 saturated heterocycles. The zero-order valence-electron chi connectivity index (χ0n) is 9.08. The monoisotopic (exact) mass is 228 g/mol. The Morgan fingerprint density at radius 1 is 1.20 bits per heavy atom. The predicted octanol–water partition coefficient (Wildman–Crippen LogP) is 1.27. The summed E-state index contributed by atoms with van der Waals surface area (Å²) in [7, 11) is 0. The Labute approximate surface area is 95.6 Å². The van der Waals surface area contributed by atoms with Gasteiger partial charge in [0.25, 0.3) is 0 Å². The van der Waals surface area contributed by atoms with Crippen molar-refractivity contribution in [1.29, 1.82) is 0 Å². The lowest BCUT2D eigenvalue weighted by Gasteiger charge is -2.30. The van der Waals surface area contributed by atoms with Gasteiger partial charge in [-0.3, -0.25) is 4.79 Å². The van der Waals surface area contributed by atoms with Crippen LogP contribution in [0.1, 0.15) is 38.5 Å². The number of hydrogen-bond donors (Lipinski definition) is 2. The Bertz CT molecular complexity index is 229. The molecule has 3 atom stereocenters. The minimum atomic E-state index is 0.175. The summed E-state index contributed by atoms with van der Waals surface area (Å²) in [6.07, 6.45) is 6.76. The van der Waals surface area contributed by atoms with Crippen LogP contribution in [0.5, 0.6) is 0 Å². The number of amides is 1. The van der Waals surface area contributed by atoms with E-state index in [0.29, 0.717) is 0 Å². The zero-order chi connectivity index (χ0) is 10.7. The standard InChI is InChI=1S/C11H20N2OS/c12-8-4-1-2-5-9(8)13-11(14)10-6-3-7-15-10/h8-10H,1-7,12H2,(H,13,14)/t8-,9-,10?/m1/s1. The summed E-state index contributed by atoms with van der Waals surface area (Å²) in [6.45, 7) is 0. The van der Waals surface area contributed by atoms with Gasteiger partial charge >= 0.3 is 0 Å². The smallest absolute Gasteiger partial charge is 0.233 e. The van der Waals surface area contributed by atoms with E-state index in [1.807, 2.05) is 0 Å². The second kappa shape index (κ2) is 5.21. The molecule has 3 N–H and O–H groups in total. The number of rotatable bonds is 2. The zero-order valence-corrected chi connectivity index (χ0v) is 9.89. The lowest BCUT2D eigenvalue weighted by molar-refractivity contribution is -0.121. The normalized spacial score (nSPS) is 36.5. The number of hydrogen-bond acceptors (Lipinski definition) is 3. The molecule has 1 saturated carbocycles. The van der Waals surface area contributed by atoms with Crippen LogP contribution in [0.3, 0.4) is 0 Å². The Balaban J connectivity index is 1.81. The summed E-state index contributed by atoms with van der Waals surface area (Å²) in [5.41, 5.74) is 6.00. The Kier molecular flexibility index (Phi) is 3.92. The van der Waals surface area contributed by atoms with Crippen molar-refractivity contribution in [3.8, 4) is 0 Å². The van der Waals surface area contributed by atoms with Crippen molar-refractivity contribution >= 4 is 17.7 Å². The minimum Gasteiger partial charge on any atom is -0.351 e. The molecule has 15 heavy (non-hydrogen) atoms.